The second kappa shape index (κ2) is 23.0. The van der Waals surface area contributed by atoms with Gasteiger partial charge in [-0.25, -0.2) is 4.52 Å². The second-order valence-corrected chi connectivity index (χ2v) is 17.1. The lowest BCUT2D eigenvalue weighted by molar-refractivity contribution is -0.128. The molecule has 2 amide bonds. The van der Waals surface area contributed by atoms with Crippen LogP contribution in [0.5, 0.6) is 23.0 Å². The molecule has 0 aliphatic rings. The first-order chi connectivity index (χ1) is 29.8. The summed E-state index contributed by atoms with van der Waals surface area (Å²) in [5.41, 5.74) is 6.03. The minimum Gasteiger partial charge on any atom is -0.497 e. The molecule has 2 aromatic heterocycles. The topological polar surface area (TPSA) is 161 Å². The maximum atomic E-state index is 14.5. The molecule has 0 saturated heterocycles. The number of unbranched alkanes of at least 4 members (excludes halogenated alkanes) is 9. The molecule has 5 aromatic rings. The van der Waals surface area contributed by atoms with Crippen molar-refractivity contribution in [3.63, 3.8) is 0 Å². The van der Waals surface area contributed by atoms with Gasteiger partial charge in [0.05, 0.1) is 19.3 Å². The number of rotatable bonds is 25. The first kappa shape index (κ1) is 47.5. The fraction of sp³-hybridized carbons (Fsp3) is 0.510. The van der Waals surface area contributed by atoms with Crippen LogP contribution in [0.25, 0.3) is 17.0 Å². The molecule has 1 atom stereocenters. The maximum Gasteiger partial charge on any atom is 0.261 e. The molecule has 0 spiro atoms. The van der Waals surface area contributed by atoms with E-state index in [0.717, 1.165) is 53.0 Å². The molecule has 5 rings (SSSR count). The Kier molecular flexibility index (Phi) is 17.7. The quantitative estimate of drug-likeness (QED) is 0.0419. The summed E-state index contributed by atoms with van der Waals surface area (Å²) in [6, 6.07) is 16.3. The standard InChI is InChI=1S/C49H68N6O7/c1-9-10-11-12-13-14-15-16-17-18-19-41(48(58)50-26-27-56)62-38-24-25-40(61-29-28-60-37-22-20-36(59-8)21-23-37)39(31-38)47(57)51-45-34(3)30-33(2)44(35(45)4)46-53-52-43-32-42(49(5,6)7)54-55(43)46/h20-25,30-32,41,54,56H,9-19,26-29H2,1-8H3,(H,50,58)(H,51,57). The van der Waals surface area contributed by atoms with Gasteiger partial charge in [0.1, 0.15) is 36.2 Å². The van der Waals surface area contributed by atoms with Crippen LogP contribution in [0.15, 0.2) is 54.6 Å². The van der Waals surface area contributed by atoms with Crippen LogP contribution in [0.1, 0.15) is 131 Å². The van der Waals surface area contributed by atoms with Crippen molar-refractivity contribution in [3.8, 4) is 34.4 Å². The average molecular weight is 853 g/mol. The Labute approximate surface area is 367 Å². The number of methoxy groups -OCH3 is 1. The average Bonchev–Trinajstić information content (AvgIpc) is 3.86. The zero-order valence-electron chi connectivity index (χ0n) is 38.1. The van der Waals surface area contributed by atoms with Crippen LogP contribution in [-0.2, 0) is 10.2 Å². The number of hydrogen-bond acceptors (Lipinski definition) is 9. The second-order valence-electron chi connectivity index (χ2n) is 17.1. The lowest BCUT2D eigenvalue weighted by Gasteiger charge is -2.21. The van der Waals surface area contributed by atoms with Gasteiger partial charge in [-0.3, -0.25) is 14.7 Å². The fourth-order valence-corrected chi connectivity index (χ4v) is 7.62. The normalized spacial score (nSPS) is 12.0. The van der Waals surface area contributed by atoms with Crippen LogP contribution in [0, 0.1) is 20.8 Å². The minimum atomic E-state index is -0.813. The summed E-state index contributed by atoms with van der Waals surface area (Å²) in [7, 11) is 1.61. The first-order valence-electron chi connectivity index (χ1n) is 22.3. The van der Waals surface area contributed by atoms with Crippen LogP contribution in [-0.4, -0.2) is 76.3 Å². The van der Waals surface area contributed by atoms with Gasteiger partial charge < -0.3 is 34.7 Å². The number of nitrogens with zero attached hydrogens (tertiary/aromatic N) is 3. The molecule has 1 unspecified atom stereocenters. The minimum absolute atomic E-state index is 0.120. The van der Waals surface area contributed by atoms with Crippen molar-refractivity contribution in [2.75, 3.05) is 38.8 Å². The highest BCUT2D eigenvalue weighted by Crippen LogP contribution is 2.36. The molecule has 0 aliphatic carbocycles. The summed E-state index contributed by atoms with van der Waals surface area (Å²) in [5, 5.41) is 27.9. The van der Waals surface area contributed by atoms with Gasteiger partial charge in [0.15, 0.2) is 17.6 Å². The zero-order valence-corrected chi connectivity index (χ0v) is 38.1. The van der Waals surface area contributed by atoms with Crippen molar-refractivity contribution < 1.29 is 33.6 Å². The molecule has 4 N–H and O–H groups in total. The molecule has 0 fully saturated rings. The number of H-pyrrole nitrogens is 1. The number of aromatic amines is 1. The molecule has 0 saturated carbocycles. The number of aryl methyl sites for hydroxylation is 2. The Morgan fingerprint density at radius 3 is 2.11 bits per heavy atom. The Balaban J connectivity index is 1.38. The number of fused-ring (bicyclic) bond motifs is 1. The molecule has 0 bridgehead atoms. The van der Waals surface area contributed by atoms with Gasteiger partial charge in [0.25, 0.3) is 11.8 Å². The van der Waals surface area contributed by atoms with E-state index < -0.39 is 12.0 Å². The van der Waals surface area contributed by atoms with Gasteiger partial charge in [0, 0.05) is 35.0 Å². The highest BCUT2D eigenvalue weighted by Gasteiger charge is 2.25. The molecule has 13 heteroatoms. The van der Waals surface area contributed by atoms with Crippen molar-refractivity contribution >= 4 is 23.1 Å². The number of nitrogens with one attached hydrogen (secondary N) is 3. The van der Waals surface area contributed by atoms with E-state index >= 15 is 0 Å². The van der Waals surface area contributed by atoms with Crippen LogP contribution in [0.2, 0.25) is 0 Å². The third-order valence-electron chi connectivity index (χ3n) is 11.1. The summed E-state index contributed by atoms with van der Waals surface area (Å²) < 4.78 is 25.6. The molecule has 2 heterocycles. The summed E-state index contributed by atoms with van der Waals surface area (Å²) >= 11 is 0. The monoisotopic (exact) mass is 853 g/mol. The van der Waals surface area contributed by atoms with Crippen molar-refractivity contribution in [2.24, 2.45) is 0 Å². The summed E-state index contributed by atoms with van der Waals surface area (Å²) in [5.74, 6) is 1.97. The van der Waals surface area contributed by atoms with Gasteiger partial charge in [0.2, 0.25) is 0 Å². The summed E-state index contributed by atoms with van der Waals surface area (Å²) in [4.78, 5) is 27.8. The van der Waals surface area contributed by atoms with Gasteiger partial charge >= 0.3 is 0 Å². The van der Waals surface area contributed by atoms with E-state index in [1.54, 1.807) is 25.3 Å². The van der Waals surface area contributed by atoms with Gasteiger partial charge in [-0.2, -0.15) is 0 Å². The van der Waals surface area contributed by atoms with Crippen LogP contribution < -0.4 is 29.6 Å². The Bertz CT molecular complexity index is 2200. The predicted octanol–water partition coefficient (Wildman–Crippen LogP) is 9.83. The van der Waals surface area contributed by atoms with Crippen molar-refractivity contribution in [3.05, 3.63) is 82.5 Å². The number of aliphatic hydroxyl groups excluding tert-OH is 1. The van der Waals surface area contributed by atoms with Crippen LogP contribution in [0.3, 0.4) is 0 Å². The summed E-state index contributed by atoms with van der Waals surface area (Å²) in [6.07, 6.45) is 11.4. The Morgan fingerprint density at radius 1 is 0.806 bits per heavy atom. The molecule has 13 nitrogen and oxygen atoms in total. The maximum absolute atomic E-state index is 14.5. The number of carbonyl (C=O) groups excluding carboxylic acids is 2. The van der Waals surface area contributed by atoms with E-state index in [-0.39, 0.29) is 43.3 Å². The first-order valence-corrected chi connectivity index (χ1v) is 22.3. The zero-order chi connectivity index (χ0) is 44.6. The Hall–Kier alpha value is -5.56. The third kappa shape index (κ3) is 13.0. The number of hydrogen-bond donors (Lipinski definition) is 4. The highest BCUT2D eigenvalue weighted by atomic mass is 16.5. The molecule has 0 radical (unpaired) electrons. The Morgan fingerprint density at radius 2 is 1.45 bits per heavy atom. The number of amides is 2. The van der Waals surface area contributed by atoms with E-state index in [2.05, 4.69) is 53.6 Å². The number of anilines is 1. The molecule has 336 valence electrons. The van der Waals surface area contributed by atoms with Crippen LogP contribution >= 0.6 is 0 Å². The lowest BCUT2D eigenvalue weighted by Crippen LogP contribution is -2.39. The van der Waals surface area contributed by atoms with Crippen molar-refractivity contribution in [1.82, 2.24) is 25.1 Å². The third-order valence-corrected chi connectivity index (χ3v) is 11.1. The molecular weight excluding hydrogens is 785 g/mol. The van der Waals surface area contributed by atoms with E-state index in [1.807, 2.05) is 61.7 Å². The highest BCUT2D eigenvalue weighted by molar-refractivity contribution is 6.07. The van der Waals surface area contributed by atoms with Crippen LogP contribution in [0.4, 0.5) is 5.69 Å². The van der Waals surface area contributed by atoms with Gasteiger partial charge in [-0.1, -0.05) is 91.5 Å². The van der Waals surface area contributed by atoms with E-state index in [4.69, 9.17) is 18.9 Å². The number of aliphatic hydroxyl groups is 1. The number of ether oxygens (including phenoxy) is 4. The van der Waals surface area contributed by atoms with Crippen molar-refractivity contribution in [1.29, 1.82) is 0 Å². The van der Waals surface area contributed by atoms with E-state index in [1.165, 1.54) is 44.9 Å². The fourth-order valence-electron chi connectivity index (χ4n) is 7.62. The van der Waals surface area contributed by atoms with Gasteiger partial charge in [-0.05, 0) is 92.8 Å². The molecular formula is C49H68N6O7. The summed E-state index contributed by atoms with van der Waals surface area (Å²) in [6.45, 7) is 14.9. The largest absolute Gasteiger partial charge is 0.497 e. The number of benzene rings is 3. The smallest absolute Gasteiger partial charge is 0.261 e. The SMILES string of the molecule is CCCCCCCCCCCCC(Oc1ccc(OCCOc2ccc(OC)cc2)c(C(=O)Nc2c(C)cc(C)c(-c3nnc4cc(C(C)(C)C)[nH]n34)c2C)c1)C(=O)NCCO. The molecule has 62 heavy (non-hydrogen) atoms. The number of carbonyl (C=O) groups is 2. The predicted molar refractivity (Wildman–Crippen MR) is 245 cm³/mol. The van der Waals surface area contributed by atoms with E-state index in [0.29, 0.717) is 40.8 Å². The number of aromatic nitrogens is 4. The van der Waals surface area contributed by atoms with Gasteiger partial charge in [-0.15, -0.1) is 10.2 Å². The molecule has 0 aliphatic heterocycles. The molecule has 3 aromatic carbocycles. The van der Waals surface area contributed by atoms with E-state index in [9.17, 15) is 14.7 Å². The lowest BCUT2D eigenvalue weighted by atomic mass is 9.93. The van der Waals surface area contributed by atoms with Crippen molar-refractivity contribution in [2.45, 2.75) is 131 Å².